The Morgan fingerprint density at radius 2 is 0.981 bits per heavy atom. The number of rotatable bonds is 40. The number of nitrogens with zero attached hydrogens (tertiary/aromatic N) is 1. The van der Waals surface area contributed by atoms with Crippen LogP contribution in [0.1, 0.15) is 187 Å². The molecule has 0 aliphatic carbocycles. The van der Waals surface area contributed by atoms with Crippen LogP contribution < -0.4 is 0 Å². The van der Waals surface area contributed by atoms with E-state index >= 15 is 0 Å². The van der Waals surface area contributed by atoms with Gasteiger partial charge in [-0.05, 0) is 91.1 Å². The number of phosphoric acid groups is 1. The SMILES string of the molecule is CCCC/C=C/CCC/C=C\CCCCCCCC(=O)OC(COC(=O)CCCCCCC/C=C\CCCCCCCC)COP(=O)(O)OCCN(C)C. The van der Waals surface area contributed by atoms with E-state index in [0.29, 0.717) is 13.0 Å². The second kappa shape index (κ2) is 39.5. The molecule has 0 saturated heterocycles. The maximum atomic E-state index is 12.6. The van der Waals surface area contributed by atoms with Crippen LogP contribution in [0.15, 0.2) is 36.5 Å². The second-order valence-corrected chi connectivity index (χ2v) is 16.3. The average molecular weight is 784 g/mol. The number of esters is 2. The Labute approximate surface area is 331 Å². The van der Waals surface area contributed by atoms with Crippen LogP contribution >= 0.6 is 7.82 Å². The van der Waals surface area contributed by atoms with Gasteiger partial charge in [0.25, 0.3) is 0 Å². The third-order valence-corrected chi connectivity index (χ3v) is 10.1. The summed E-state index contributed by atoms with van der Waals surface area (Å²) in [7, 11) is -0.721. The van der Waals surface area contributed by atoms with Gasteiger partial charge in [0.1, 0.15) is 6.61 Å². The number of hydrogen-bond acceptors (Lipinski definition) is 8. The summed E-state index contributed by atoms with van der Waals surface area (Å²) < 4.78 is 33.4. The first-order chi connectivity index (χ1) is 26.2. The first-order valence-corrected chi connectivity index (χ1v) is 23.3. The molecule has 10 heteroatoms. The summed E-state index contributed by atoms with van der Waals surface area (Å²) in [5, 5.41) is 0. The number of unbranched alkanes of at least 4 members (excludes halogenated alkanes) is 20. The largest absolute Gasteiger partial charge is 0.472 e. The van der Waals surface area contributed by atoms with E-state index in [2.05, 4.69) is 50.3 Å². The van der Waals surface area contributed by atoms with Gasteiger partial charge in [0, 0.05) is 19.4 Å². The summed E-state index contributed by atoms with van der Waals surface area (Å²) in [6, 6.07) is 0. The standard InChI is InChI=1S/C44H82NO8P/c1-5-7-9-11-13-15-17-19-21-23-25-27-29-31-33-35-37-44(47)53-42(41-52-54(48,49)51-39-38-45(3)4)40-50-43(46)36-34-32-30-28-26-24-22-20-18-16-14-12-10-8-6-2/h11,13,20-23,42H,5-10,12,14-19,24-41H2,1-4H3,(H,48,49)/b13-11+,22-20-,23-21-. The highest BCUT2D eigenvalue weighted by atomic mass is 31.2. The van der Waals surface area contributed by atoms with E-state index in [-0.39, 0.29) is 32.0 Å². The lowest BCUT2D eigenvalue weighted by Crippen LogP contribution is -2.29. The zero-order valence-electron chi connectivity index (χ0n) is 35.2. The van der Waals surface area contributed by atoms with E-state index < -0.39 is 26.5 Å². The molecule has 0 bridgehead atoms. The van der Waals surface area contributed by atoms with Crippen molar-refractivity contribution < 1.29 is 37.6 Å². The van der Waals surface area contributed by atoms with Gasteiger partial charge in [0.15, 0.2) is 6.10 Å². The first kappa shape index (κ1) is 52.2. The average Bonchev–Trinajstić information content (AvgIpc) is 3.13. The molecule has 1 N–H and O–H groups in total. The Morgan fingerprint density at radius 1 is 0.556 bits per heavy atom. The van der Waals surface area contributed by atoms with Gasteiger partial charge in [-0.1, -0.05) is 134 Å². The van der Waals surface area contributed by atoms with Crippen LogP contribution in [0.4, 0.5) is 0 Å². The van der Waals surface area contributed by atoms with Crippen LogP contribution in [-0.2, 0) is 32.7 Å². The molecule has 316 valence electrons. The van der Waals surface area contributed by atoms with Gasteiger partial charge in [0.05, 0.1) is 13.2 Å². The lowest BCUT2D eigenvalue weighted by atomic mass is 10.1. The molecular weight excluding hydrogens is 701 g/mol. The summed E-state index contributed by atoms with van der Waals surface area (Å²) in [5.41, 5.74) is 0. The smallest absolute Gasteiger partial charge is 0.462 e. The van der Waals surface area contributed by atoms with Crippen molar-refractivity contribution in [3.8, 4) is 0 Å². The molecule has 0 aromatic carbocycles. The molecule has 0 aromatic heterocycles. The zero-order valence-corrected chi connectivity index (χ0v) is 36.1. The normalized spacial score (nSPS) is 13.7. The molecule has 0 aromatic rings. The molecule has 0 saturated carbocycles. The topological polar surface area (TPSA) is 112 Å². The number of phosphoric ester groups is 1. The molecule has 0 radical (unpaired) electrons. The number of carbonyl (C=O) groups excluding carboxylic acids is 2. The van der Waals surface area contributed by atoms with Crippen LogP contribution in [0.25, 0.3) is 0 Å². The molecule has 0 aliphatic rings. The quantitative estimate of drug-likeness (QED) is 0.0281. The van der Waals surface area contributed by atoms with Crippen LogP contribution in [0, 0.1) is 0 Å². The molecule has 9 nitrogen and oxygen atoms in total. The third-order valence-electron chi connectivity index (χ3n) is 9.14. The molecule has 0 heterocycles. The molecule has 2 atom stereocenters. The maximum Gasteiger partial charge on any atom is 0.472 e. The van der Waals surface area contributed by atoms with E-state index in [1.807, 2.05) is 19.0 Å². The second-order valence-electron chi connectivity index (χ2n) is 14.9. The fourth-order valence-electron chi connectivity index (χ4n) is 5.72. The highest BCUT2D eigenvalue weighted by Crippen LogP contribution is 2.43. The molecule has 0 aliphatic heterocycles. The Bertz CT molecular complexity index is 999. The Kier molecular flexibility index (Phi) is 38.2. The number of likely N-dealkylation sites (N-methyl/N-ethyl adjacent to an activating group) is 1. The molecule has 0 amide bonds. The Morgan fingerprint density at radius 3 is 1.48 bits per heavy atom. The minimum absolute atomic E-state index is 0.00350. The summed E-state index contributed by atoms with van der Waals surface area (Å²) in [6.07, 6.45) is 41.8. The first-order valence-electron chi connectivity index (χ1n) is 21.8. The van der Waals surface area contributed by atoms with Crippen LogP contribution in [-0.4, -0.2) is 68.3 Å². The summed E-state index contributed by atoms with van der Waals surface area (Å²) in [5.74, 6) is -0.825. The predicted octanol–water partition coefficient (Wildman–Crippen LogP) is 12.4. The van der Waals surface area contributed by atoms with Crippen LogP contribution in [0.2, 0.25) is 0 Å². The van der Waals surface area contributed by atoms with E-state index in [0.717, 1.165) is 83.5 Å². The van der Waals surface area contributed by atoms with Crippen molar-refractivity contribution in [2.75, 3.05) is 40.5 Å². The summed E-state index contributed by atoms with van der Waals surface area (Å²) in [4.78, 5) is 37.0. The number of ether oxygens (including phenoxy) is 2. The van der Waals surface area contributed by atoms with Gasteiger partial charge in [0.2, 0.25) is 0 Å². The molecular formula is C44H82NO8P. The molecule has 2 unspecified atom stereocenters. The fraction of sp³-hybridized carbons (Fsp3) is 0.818. The van der Waals surface area contributed by atoms with Crippen LogP contribution in [0.5, 0.6) is 0 Å². The van der Waals surface area contributed by atoms with E-state index in [1.165, 1.54) is 70.6 Å². The van der Waals surface area contributed by atoms with E-state index in [1.54, 1.807) is 0 Å². The van der Waals surface area contributed by atoms with Crippen molar-refractivity contribution in [3.63, 3.8) is 0 Å². The van der Waals surface area contributed by atoms with Crippen molar-refractivity contribution in [3.05, 3.63) is 36.5 Å². The van der Waals surface area contributed by atoms with Gasteiger partial charge in [-0.15, -0.1) is 0 Å². The summed E-state index contributed by atoms with van der Waals surface area (Å²) in [6.45, 7) is 4.26. The molecule has 0 spiro atoms. The fourth-order valence-corrected chi connectivity index (χ4v) is 6.46. The van der Waals surface area contributed by atoms with Gasteiger partial charge >= 0.3 is 19.8 Å². The molecule has 54 heavy (non-hydrogen) atoms. The predicted molar refractivity (Wildman–Crippen MR) is 225 cm³/mol. The lowest BCUT2D eigenvalue weighted by molar-refractivity contribution is -0.161. The van der Waals surface area contributed by atoms with Crippen molar-refractivity contribution in [1.82, 2.24) is 4.90 Å². The summed E-state index contributed by atoms with van der Waals surface area (Å²) >= 11 is 0. The van der Waals surface area contributed by atoms with Gasteiger partial charge in [-0.25, -0.2) is 4.57 Å². The van der Waals surface area contributed by atoms with Crippen molar-refractivity contribution in [2.45, 2.75) is 193 Å². The van der Waals surface area contributed by atoms with Crippen molar-refractivity contribution >= 4 is 19.8 Å². The van der Waals surface area contributed by atoms with Crippen LogP contribution in [0.3, 0.4) is 0 Å². The highest BCUT2D eigenvalue weighted by Gasteiger charge is 2.26. The van der Waals surface area contributed by atoms with Crippen molar-refractivity contribution in [1.29, 1.82) is 0 Å². The van der Waals surface area contributed by atoms with E-state index in [9.17, 15) is 19.0 Å². The highest BCUT2D eigenvalue weighted by molar-refractivity contribution is 7.47. The lowest BCUT2D eigenvalue weighted by Gasteiger charge is -2.20. The zero-order chi connectivity index (χ0) is 39.8. The van der Waals surface area contributed by atoms with Crippen molar-refractivity contribution in [2.24, 2.45) is 0 Å². The number of allylic oxidation sites excluding steroid dienone is 6. The minimum Gasteiger partial charge on any atom is -0.462 e. The monoisotopic (exact) mass is 784 g/mol. The third kappa shape index (κ3) is 39.9. The Hall–Kier alpha value is -1.77. The number of hydrogen-bond donors (Lipinski definition) is 1. The minimum atomic E-state index is -4.36. The van der Waals surface area contributed by atoms with Gasteiger partial charge in [-0.2, -0.15) is 0 Å². The number of carbonyl (C=O) groups is 2. The Balaban J connectivity index is 4.32. The van der Waals surface area contributed by atoms with E-state index in [4.69, 9.17) is 18.5 Å². The molecule has 0 fully saturated rings. The maximum absolute atomic E-state index is 12.6. The van der Waals surface area contributed by atoms with Gasteiger partial charge < -0.3 is 19.3 Å². The molecule has 0 rings (SSSR count). The van der Waals surface area contributed by atoms with Gasteiger partial charge in [-0.3, -0.25) is 18.6 Å².